The molecule has 0 fully saturated rings. The summed E-state index contributed by atoms with van der Waals surface area (Å²) >= 11 is 0. The number of hydrogen-bond donors (Lipinski definition) is 0. The van der Waals surface area contributed by atoms with Crippen molar-refractivity contribution < 1.29 is 0 Å². The van der Waals surface area contributed by atoms with Crippen molar-refractivity contribution in [2.24, 2.45) is 0 Å². The predicted octanol–water partition coefficient (Wildman–Crippen LogP) is 21.3. The fourth-order valence-electron chi connectivity index (χ4n) is 13.7. The first kappa shape index (κ1) is 53.9. The summed E-state index contributed by atoms with van der Waals surface area (Å²) in [7, 11) is 0. The van der Waals surface area contributed by atoms with Crippen molar-refractivity contribution in [1.29, 1.82) is 0 Å². The fraction of sp³-hybridized carbons (Fsp3) is 0.0976. The minimum Gasteiger partial charge on any atom is -0.309 e. The Labute approximate surface area is 513 Å². The second-order valence-corrected chi connectivity index (χ2v) is 24.3. The van der Waals surface area contributed by atoms with Gasteiger partial charge in [0.05, 0.1) is 33.4 Å². The highest BCUT2D eigenvalue weighted by Crippen LogP contribution is 2.45. The van der Waals surface area contributed by atoms with E-state index in [0.29, 0.717) is 17.5 Å². The number of fused-ring (bicyclic) bond motifs is 6. The van der Waals surface area contributed by atoms with Crippen molar-refractivity contribution >= 4 is 43.6 Å². The molecule has 0 radical (unpaired) electrons. The third kappa shape index (κ3) is 9.83. The summed E-state index contributed by atoms with van der Waals surface area (Å²) < 4.78 is 4.92. The zero-order valence-electron chi connectivity index (χ0n) is 50.8. The Morgan fingerprint density at radius 1 is 0.239 bits per heavy atom. The number of nitrogens with zero attached hydrogens (tertiary/aromatic N) is 6. The summed E-state index contributed by atoms with van der Waals surface area (Å²) in [6.45, 7) is 17.5. The molecule has 4 aromatic heterocycles. The highest BCUT2D eigenvalue weighted by molar-refractivity contribution is 6.14. The van der Waals surface area contributed by atoms with Gasteiger partial charge in [0.1, 0.15) is 0 Å². The van der Waals surface area contributed by atoms with Gasteiger partial charge in [-0.15, -0.1) is 0 Å². The second kappa shape index (κ2) is 21.6. The first-order chi connectivity index (χ1) is 42.8. The lowest BCUT2D eigenvalue weighted by Crippen LogP contribution is -2.04. The summed E-state index contributed by atoms with van der Waals surface area (Å²) in [5.41, 5.74) is 30.4. The molecule has 0 atom stereocenters. The lowest BCUT2D eigenvalue weighted by atomic mass is 9.97. The summed E-state index contributed by atoms with van der Waals surface area (Å²) in [6.07, 6.45) is 3.98. The van der Waals surface area contributed by atoms with E-state index >= 15 is 0 Å². The molecular formula is C82H64N6. The topological polar surface area (TPSA) is 61.4 Å². The molecule has 15 rings (SSSR count). The third-order valence-corrected chi connectivity index (χ3v) is 17.3. The highest BCUT2D eigenvalue weighted by atomic mass is 15.0. The van der Waals surface area contributed by atoms with E-state index in [0.717, 1.165) is 61.3 Å². The number of hydrogen-bond acceptors (Lipinski definition) is 4. The van der Waals surface area contributed by atoms with E-state index in [1.54, 1.807) is 0 Å². The zero-order valence-corrected chi connectivity index (χ0v) is 50.8. The number of aryl methyl sites for hydroxylation is 8. The Kier molecular flexibility index (Phi) is 13.2. The van der Waals surface area contributed by atoms with E-state index in [-0.39, 0.29) is 0 Å². The maximum Gasteiger partial charge on any atom is 0.164 e. The molecule has 6 heteroatoms. The van der Waals surface area contributed by atoms with Gasteiger partial charge in [-0.25, -0.2) is 15.0 Å². The molecule has 15 aromatic rings. The number of pyridine rings is 1. The summed E-state index contributed by atoms with van der Waals surface area (Å²) in [6, 6.07) is 84.7. The van der Waals surface area contributed by atoms with Crippen LogP contribution in [0.3, 0.4) is 0 Å². The van der Waals surface area contributed by atoms with Crippen LogP contribution in [0.5, 0.6) is 0 Å². The minimum atomic E-state index is 0.569. The van der Waals surface area contributed by atoms with Crippen LogP contribution in [0.15, 0.2) is 243 Å². The molecule has 0 amide bonds. The molecule has 0 aliphatic heterocycles. The third-order valence-electron chi connectivity index (χ3n) is 17.3. The average molecular weight is 1130 g/mol. The monoisotopic (exact) mass is 1130 g/mol. The van der Waals surface area contributed by atoms with Crippen LogP contribution in [-0.2, 0) is 0 Å². The van der Waals surface area contributed by atoms with Gasteiger partial charge in [-0.2, -0.15) is 0 Å². The Bertz CT molecular complexity index is 4940. The van der Waals surface area contributed by atoms with Gasteiger partial charge in [0.25, 0.3) is 0 Å². The second-order valence-electron chi connectivity index (χ2n) is 24.3. The van der Waals surface area contributed by atoms with E-state index in [4.69, 9.17) is 19.9 Å². The Morgan fingerprint density at radius 2 is 0.545 bits per heavy atom. The van der Waals surface area contributed by atoms with Crippen molar-refractivity contribution in [3.63, 3.8) is 0 Å². The molecule has 0 aliphatic carbocycles. The van der Waals surface area contributed by atoms with Gasteiger partial charge < -0.3 is 9.13 Å². The lowest BCUT2D eigenvalue weighted by molar-refractivity contribution is 1.07. The number of benzene rings is 11. The molecule has 422 valence electrons. The maximum atomic E-state index is 5.32. The SMILES string of the molecule is Cc1cc(C)cc(-c2ccc3c(c2)c2cc(-c4cc(C)cc(C)c4)ccc2n3-c2ccncc2-c2cc(-c3nc(-c4ccccc4)nc(-c4ccccc4)n3)ccc2-n2c3ccc(-c4cc(C)cc(C)c4)cc3c3cc(-c4cc(C)cc(C)c4)ccc32)c1. The van der Waals surface area contributed by atoms with Crippen LogP contribution in [0.2, 0.25) is 0 Å². The molecule has 4 heterocycles. The minimum absolute atomic E-state index is 0.569. The molecule has 0 unspecified atom stereocenters. The Hall–Kier alpha value is -10.8. The number of rotatable bonds is 10. The van der Waals surface area contributed by atoms with Gasteiger partial charge in [0.15, 0.2) is 17.5 Å². The standard InChI is InChI=1S/C82H64N6/c1-49-31-50(2)36-64(35-49)59-19-24-74-68(43-59)69-44-60(65-37-51(3)32-52(4)38-65)20-25-75(69)87(74)78-28-23-63(82-85-80(57-15-11-9-12-16-57)84-81(86-82)58-17-13-10-14-18-58)47-72(78)73-48-83-30-29-79(73)88-76-26-21-61(66-39-53(5)33-54(6)40-66)45-70(76)71-46-62(22-27-77(71)88)67-41-55(7)34-56(8)42-67/h9-48H,1-8H3. The molecule has 0 spiro atoms. The molecule has 0 saturated carbocycles. The van der Waals surface area contributed by atoms with Gasteiger partial charge in [-0.1, -0.05) is 202 Å². The summed E-state index contributed by atoms with van der Waals surface area (Å²) in [5, 5.41) is 4.67. The van der Waals surface area contributed by atoms with E-state index in [9.17, 15) is 0 Å². The molecule has 6 nitrogen and oxygen atoms in total. The smallest absolute Gasteiger partial charge is 0.164 e. The zero-order chi connectivity index (χ0) is 59.9. The fourth-order valence-corrected chi connectivity index (χ4v) is 13.7. The molecule has 0 bridgehead atoms. The summed E-state index contributed by atoms with van der Waals surface area (Å²) in [5.74, 6) is 1.77. The average Bonchev–Trinajstić information content (AvgIpc) is 1.62. The maximum absolute atomic E-state index is 5.32. The molecule has 88 heavy (non-hydrogen) atoms. The van der Waals surface area contributed by atoms with Crippen molar-refractivity contribution in [2.45, 2.75) is 55.4 Å². The molecule has 0 aliphatic rings. The van der Waals surface area contributed by atoms with E-state index in [2.05, 4.69) is 259 Å². The Morgan fingerprint density at radius 3 is 0.886 bits per heavy atom. The van der Waals surface area contributed by atoms with Crippen LogP contribution in [-0.4, -0.2) is 29.1 Å². The van der Waals surface area contributed by atoms with E-state index in [1.807, 2.05) is 48.8 Å². The van der Waals surface area contributed by atoms with Crippen LogP contribution in [0, 0.1) is 55.4 Å². The van der Waals surface area contributed by atoms with Crippen molar-refractivity contribution in [3.05, 3.63) is 287 Å². The first-order valence-corrected chi connectivity index (χ1v) is 30.3. The Balaban J connectivity index is 1.02. The molecule has 0 N–H and O–H groups in total. The van der Waals surface area contributed by atoms with E-state index < -0.39 is 0 Å². The molecule has 0 saturated heterocycles. The van der Waals surface area contributed by atoms with Crippen LogP contribution < -0.4 is 0 Å². The van der Waals surface area contributed by atoms with Crippen molar-refractivity contribution in [3.8, 4) is 101 Å². The predicted molar refractivity (Wildman–Crippen MR) is 368 cm³/mol. The van der Waals surface area contributed by atoms with Crippen LogP contribution in [0.4, 0.5) is 0 Å². The summed E-state index contributed by atoms with van der Waals surface area (Å²) in [4.78, 5) is 20.8. The van der Waals surface area contributed by atoms with Gasteiger partial charge in [0.2, 0.25) is 0 Å². The van der Waals surface area contributed by atoms with Gasteiger partial charge in [-0.3, -0.25) is 4.98 Å². The van der Waals surface area contributed by atoms with Gasteiger partial charge in [-0.05, 0) is 173 Å². The van der Waals surface area contributed by atoms with Crippen LogP contribution in [0.1, 0.15) is 44.5 Å². The largest absolute Gasteiger partial charge is 0.309 e. The van der Waals surface area contributed by atoms with E-state index in [1.165, 1.54) is 111 Å². The first-order valence-electron chi connectivity index (χ1n) is 30.3. The van der Waals surface area contributed by atoms with Crippen LogP contribution in [0.25, 0.3) is 145 Å². The lowest BCUT2D eigenvalue weighted by Gasteiger charge is -2.19. The van der Waals surface area contributed by atoms with Crippen molar-refractivity contribution in [2.75, 3.05) is 0 Å². The highest BCUT2D eigenvalue weighted by Gasteiger charge is 2.24. The molecule has 11 aromatic carbocycles. The van der Waals surface area contributed by atoms with Crippen molar-refractivity contribution in [1.82, 2.24) is 29.1 Å². The normalized spacial score (nSPS) is 11.6. The van der Waals surface area contributed by atoms with Crippen LogP contribution >= 0.6 is 0 Å². The molecular weight excluding hydrogens is 1070 g/mol. The quantitative estimate of drug-likeness (QED) is 0.137. The van der Waals surface area contributed by atoms with Gasteiger partial charge >= 0.3 is 0 Å². The van der Waals surface area contributed by atoms with Gasteiger partial charge in [0, 0.05) is 61.8 Å². The number of aromatic nitrogens is 6.